The number of fused-ring (bicyclic) bond motifs is 1. The second-order valence-electron chi connectivity index (χ2n) is 11.4. The van der Waals surface area contributed by atoms with E-state index in [-0.39, 0.29) is 10.9 Å². The van der Waals surface area contributed by atoms with Crippen molar-refractivity contribution in [1.29, 1.82) is 0 Å². The summed E-state index contributed by atoms with van der Waals surface area (Å²) >= 11 is 0. The highest BCUT2D eigenvalue weighted by Crippen LogP contribution is 2.35. The van der Waals surface area contributed by atoms with Gasteiger partial charge in [0, 0.05) is 25.7 Å². The van der Waals surface area contributed by atoms with Gasteiger partial charge in [-0.3, -0.25) is 0 Å². The van der Waals surface area contributed by atoms with Gasteiger partial charge in [0.2, 0.25) is 27.9 Å². The van der Waals surface area contributed by atoms with Gasteiger partial charge in [0.1, 0.15) is 0 Å². The van der Waals surface area contributed by atoms with Crippen LogP contribution in [-0.4, -0.2) is 49.0 Å². The van der Waals surface area contributed by atoms with Crippen molar-refractivity contribution in [2.45, 2.75) is 76.2 Å². The lowest BCUT2D eigenvalue weighted by Crippen LogP contribution is -2.32. The van der Waals surface area contributed by atoms with Gasteiger partial charge in [0.05, 0.1) is 4.90 Å². The molecule has 10 heteroatoms. The monoisotopic (exact) mass is 551 g/mol. The summed E-state index contributed by atoms with van der Waals surface area (Å²) in [5.74, 6) is 2.94. The normalized spacial score (nSPS) is 20.4. The van der Waals surface area contributed by atoms with Gasteiger partial charge < -0.3 is 15.5 Å². The zero-order chi connectivity index (χ0) is 27.4. The van der Waals surface area contributed by atoms with E-state index in [0.717, 1.165) is 74.0 Å². The number of rotatable bonds is 9. The molecule has 2 heterocycles. The summed E-state index contributed by atoms with van der Waals surface area (Å²) < 4.78 is 24.7. The lowest BCUT2D eigenvalue weighted by atomic mass is 9.78. The highest BCUT2D eigenvalue weighted by molar-refractivity contribution is 7.89. The molecule has 9 nitrogen and oxygen atoms in total. The molecular weight excluding hydrogens is 510 g/mol. The molecule has 1 saturated carbocycles. The fourth-order valence-corrected chi connectivity index (χ4v) is 6.75. The van der Waals surface area contributed by atoms with Crippen LogP contribution in [0.5, 0.6) is 0 Å². The van der Waals surface area contributed by atoms with E-state index in [1.807, 2.05) is 30.3 Å². The molecule has 4 N–H and O–H groups in total. The SMILES string of the molecule is CC(C)Nc1nc(NCC2CCC(Cc3c(S(N)(=O)=O)ccc4ccccc34)CC2)nc(N2CCCCC2)n1. The minimum Gasteiger partial charge on any atom is -0.354 e. The van der Waals surface area contributed by atoms with E-state index < -0.39 is 10.0 Å². The second-order valence-corrected chi connectivity index (χ2v) is 12.9. The number of primary sulfonamides is 1. The van der Waals surface area contributed by atoms with E-state index in [1.54, 1.807) is 6.07 Å². The minimum absolute atomic E-state index is 0.237. The van der Waals surface area contributed by atoms with Crippen molar-refractivity contribution in [3.8, 4) is 0 Å². The van der Waals surface area contributed by atoms with E-state index >= 15 is 0 Å². The lowest BCUT2D eigenvalue weighted by Gasteiger charge is -2.30. The number of hydrogen-bond donors (Lipinski definition) is 3. The highest BCUT2D eigenvalue weighted by Gasteiger charge is 2.25. The van der Waals surface area contributed by atoms with Crippen LogP contribution >= 0.6 is 0 Å². The van der Waals surface area contributed by atoms with Crippen LogP contribution in [0.15, 0.2) is 41.3 Å². The van der Waals surface area contributed by atoms with Crippen LogP contribution in [0.3, 0.4) is 0 Å². The van der Waals surface area contributed by atoms with Crippen LogP contribution in [-0.2, 0) is 16.4 Å². The van der Waals surface area contributed by atoms with Gasteiger partial charge in [-0.25, -0.2) is 13.6 Å². The molecule has 3 aromatic rings. The Bertz CT molecular complexity index is 1380. The minimum atomic E-state index is -3.79. The molecule has 1 aromatic heterocycles. The van der Waals surface area contributed by atoms with E-state index in [2.05, 4.69) is 39.3 Å². The average Bonchev–Trinajstić information content (AvgIpc) is 2.92. The molecule has 0 spiro atoms. The standard InChI is InChI=1S/C29H41N7O2S/c1-20(2)32-28-33-27(34-29(35-28)36-16-6-3-7-17-36)31-19-22-12-10-21(11-13-22)18-25-24-9-5-4-8-23(24)14-15-26(25)39(30,37)38/h4-5,8-9,14-15,20-22H,3,6-7,10-13,16-19H2,1-2H3,(H2,30,37,38)(H2,31,32,33,34,35). The number of nitrogens with zero attached hydrogens (tertiary/aromatic N) is 4. The third-order valence-corrected chi connectivity index (χ3v) is 8.99. The van der Waals surface area contributed by atoms with Crippen molar-refractivity contribution in [1.82, 2.24) is 15.0 Å². The Labute approximate surface area is 232 Å². The molecule has 5 rings (SSSR count). The average molecular weight is 552 g/mol. The summed E-state index contributed by atoms with van der Waals surface area (Å²) in [6, 6.07) is 11.7. The summed E-state index contributed by atoms with van der Waals surface area (Å²) in [7, 11) is -3.79. The van der Waals surface area contributed by atoms with Gasteiger partial charge in [0.25, 0.3) is 0 Å². The molecular formula is C29H41N7O2S. The van der Waals surface area contributed by atoms with Crippen molar-refractivity contribution in [2.24, 2.45) is 17.0 Å². The summed E-state index contributed by atoms with van der Waals surface area (Å²) in [4.78, 5) is 16.6. The van der Waals surface area contributed by atoms with E-state index in [0.29, 0.717) is 23.7 Å². The first-order valence-corrected chi connectivity index (χ1v) is 15.9. The molecule has 2 aromatic carbocycles. The molecule has 1 aliphatic heterocycles. The number of aromatic nitrogens is 3. The molecule has 0 atom stereocenters. The van der Waals surface area contributed by atoms with Gasteiger partial charge in [-0.1, -0.05) is 30.3 Å². The first-order chi connectivity index (χ1) is 18.8. The van der Waals surface area contributed by atoms with E-state index in [9.17, 15) is 8.42 Å². The van der Waals surface area contributed by atoms with Crippen LogP contribution in [0, 0.1) is 11.8 Å². The Hall–Kier alpha value is -2.98. The third kappa shape index (κ3) is 6.97. The number of piperidine rings is 1. The van der Waals surface area contributed by atoms with Crippen LogP contribution in [0.1, 0.15) is 64.4 Å². The summed E-state index contributed by atoms with van der Waals surface area (Å²) in [6.07, 6.45) is 8.58. The lowest BCUT2D eigenvalue weighted by molar-refractivity contribution is 0.282. The number of nitrogens with two attached hydrogens (primary N) is 1. The Kier molecular flexibility index (Phi) is 8.52. The Morgan fingerprint density at radius 1 is 0.923 bits per heavy atom. The number of nitrogens with one attached hydrogen (secondary N) is 2. The third-order valence-electron chi connectivity index (χ3n) is 7.99. The fourth-order valence-electron chi connectivity index (χ4n) is 5.96. The Morgan fingerprint density at radius 2 is 1.62 bits per heavy atom. The largest absolute Gasteiger partial charge is 0.354 e. The van der Waals surface area contributed by atoms with Gasteiger partial charge in [-0.2, -0.15) is 15.0 Å². The predicted molar refractivity (Wildman–Crippen MR) is 158 cm³/mol. The van der Waals surface area contributed by atoms with Crippen LogP contribution in [0.4, 0.5) is 17.8 Å². The molecule has 1 saturated heterocycles. The fraction of sp³-hybridized carbons (Fsp3) is 0.552. The first kappa shape index (κ1) is 27.6. The maximum Gasteiger partial charge on any atom is 0.238 e. The molecule has 39 heavy (non-hydrogen) atoms. The maximum atomic E-state index is 12.4. The topological polar surface area (TPSA) is 126 Å². The van der Waals surface area contributed by atoms with Crippen molar-refractivity contribution in [3.63, 3.8) is 0 Å². The van der Waals surface area contributed by atoms with E-state index in [4.69, 9.17) is 10.1 Å². The van der Waals surface area contributed by atoms with Crippen LogP contribution in [0.25, 0.3) is 10.8 Å². The zero-order valence-electron chi connectivity index (χ0n) is 23.1. The molecule has 1 aliphatic carbocycles. The smallest absolute Gasteiger partial charge is 0.238 e. The van der Waals surface area contributed by atoms with Gasteiger partial charge in [-0.15, -0.1) is 0 Å². The summed E-state index contributed by atoms with van der Waals surface area (Å²) in [5.41, 5.74) is 0.859. The van der Waals surface area contributed by atoms with E-state index in [1.165, 1.54) is 19.3 Å². The van der Waals surface area contributed by atoms with Gasteiger partial charge in [0.15, 0.2) is 0 Å². The van der Waals surface area contributed by atoms with Crippen LogP contribution < -0.4 is 20.7 Å². The molecule has 210 valence electrons. The Morgan fingerprint density at radius 3 is 2.33 bits per heavy atom. The number of hydrogen-bond acceptors (Lipinski definition) is 8. The number of benzene rings is 2. The maximum absolute atomic E-state index is 12.4. The second kappa shape index (κ2) is 12.0. The molecule has 0 amide bonds. The predicted octanol–water partition coefficient (Wildman–Crippen LogP) is 4.94. The van der Waals surface area contributed by atoms with Gasteiger partial charge >= 0.3 is 0 Å². The number of anilines is 3. The van der Waals surface area contributed by atoms with Crippen molar-refractivity contribution < 1.29 is 8.42 Å². The molecule has 0 radical (unpaired) electrons. The molecule has 2 aliphatic rings. The molecule has 0 unspecified atom stereocenters. The van der Waals surface area contributed by atoms with Crippen molar-refractivity contribution in [2.75, 3.05) is 35.2 Å². The van der Waals surface area contributed by atoms with Crippen LogP contribution in [0.2, 0.25) is 0 Å². The summed E-state index contributed by atoms with van der Waals surface area (Å²) in [5, 5.41) is 14.5. The molecule has 2 fully saturated rings. The number of sulfonamides is 1. The van der Waals surface area contributed by atoms with Crippen molar-refractivity contribution >= 4 is 38.6 Å². The van der Waals surface area contributed by atoms with Crippen molar-refractivity contribution in [3.05, 3.63) is 42.0 Å². The quantitative estimate of drug-likeness (QED) is 0.341. The molecule has 0 bridgehead atoms. The first-order valence-electron chi connectivity index (χ1n) is 14.3. The highest BCUT2D eigenvalue weighted by atomic mass is 32.2. The van der Waals surface area contributed by atoms with Gasteiger partial charge in [-0.05, 0) is 99.5 Å². The Balaban J connectivity index is 1.23. The zero-order valence-corrected chi connectivity index (χ0v) is 23.9. The summed E-state index contributed by atoms with van der Waals surface area (Å²) in [6.45, 7) is 6.95.